The van der Waals surface area contributed by atoms with Gasteiger partial charge in [0.05, 0.1) is 13.1 Å². The molecule has 1 unspecified atom stereocenters. The molecule has 28 heavy (non-hydrogen) atoms. The van der Waals surface area contributed by atoms with E-state index in [2.05, 4.69) is 5.32 Å². The molecule has 0 bridgehead atoms. The van der Waals surface area contributed by atoms with Gasteiger partial charge in [-0.1, -0.05) is 30.3 Å². The smallest absolute Gasteiger partial charge is 0.408 e. The van der Waals surface area contributed by atoms with E-state index in [0.717, 1.165) is 5.56 Å². The molecule has 0 fully saturated rings. The van der Waals surface area contributed by atoms with Crippen LogP contribution in [0.25, 0.3) is 0 Å². The van der Waals surface area contributed by atoms with Crippen molar-refractivity contribution in [3.8, 4) is 0 Å². The molecule has 1 aromatic carbocycles. The zero-order chi connectivity index (χ0) is 20.9. The number of hydrogen-bond acceptors (Lipinski definition) is 6. The van der Waals surface area contributed by atoms with Crippen LogP contribution in [-0.4, -0.2) is 69.9 Å². The van der Waals surface area contributed by atoms with Crippen molar-refractivity contribution >= 4 is 24.0 Å². The lowest BCUT2D eigenvalue weighted by molar-refractivity contribution is -0.142. The molecule has 0 radical (unpaired) electrons. The number of carboxylic acid groups (broad SMARTS) is 3. The number of carbonyl (C=O) groups is 4. The van der Waals surface area contributed by atoms with Gasteiger partial charge >= 0.3 is 24.0 Å². The zero-order valence-corrected chi connectivity index (χ0v) is 15.2. The second-order valence-electron chi connectivity index (χ2n) is 6.09. The average Bonchev–Trinajstić information content (AvgIpc) is 2.62. The largest absolute Gasteiger partial charge is 0.480 e. The maximum absolute atomic E-state index is 11.8. The highest BCUT2D eigenvalue weighted by molar-refractivity contribution is 5.79. The topological polar surface area (TPSA) is 153 Å². The van der Waals surface area contributed by atoms with Gasteiger partial charge in [0.1, 0.15) is 12.6 Å². The van der Waals surface area contributed by atoms with E-state index >= 15 is 0 Å². The Morgan fingerprint density at radius 3 is 2.11 bits per heavy atom. The third-order valence-corrected chi connectivity index (χ3v) is 3.74. The van der Waals surface area contributed by atoms with E-state index < -0.39 is 43.1 Å². The fourth-order valence-electron chi connectivity index (χ4n) is 2.44. The first-order valence-corrected chi connectivity index (χ1v) is 8.64. The molecule has 0 aliphatic carbocycles. The minimum atomic E-state index is -1.22. The number of aliphatic carboxylic acids is 3. The first kappa shape index (κ1) is 22.9. The highest BCUT2D eigenvalue weighted by Crippen LogP contribution is 2.05. The number of rotatable bonds is 13. The summed E-state index contributed by atoms with van der Waals surface area (Å²) in [6, 6.07) is 7.77. The Balaban J connectivity index is 2.38. The third kappa shape index (κ3) is 10.1. The molecule has 0 saturated carbocycles. The van der Waals surface area contributed by atoms with E-state index in [0.29, 0.717) is 12.8 Å². The van der Waals surface area contributed by atoms with Gasteiger partial charge in [-0.15, -0.1) is 0 Å². The Bertz CT molecular complexity index is 649. The van der Waals surface area contributed by atoms with Gasteiger partial charge in [0.15, 0.2) is 0 Å². The third-order valence-electron chi connectivity index (χ3n) is 3.74. The van der Waals surface area contributed by atoms with Gasteiger partial charge in [-0.3, -0.25) is 14.5 Å². The minimum absolute atomic E-state index is 0.0123. The number of hydrogen-bond donors (Lipinski definition) is 4. The zero-order valence-electron chi connectivity index (χ0n) is 15.2. The fourth-order valence-corrected chi connectivity index (χ4v) is 2.44. The van der Waals surface area contributed by atoms with E-state index in [1.165, 1.54) is 4.90 Å². The highest BCUT2D eigenvalue weighted by Gasteiger charge is 2.21. The maximum atomic E-state index is 11.8. The number of nitrogens with zero attached hydrogens (tertiary/aromatic N) is 1. The van der Waals surface area contributed by atoms with Crippen LogP contribution in [-0.2, 0) is 25.7 Å². The molecule has 1 rings (SSSR count). The van der Waals surface area contributed by atoms with Crippen molar-refractivity contribution in [3.05, 3.63) is 35.9 Å². The number of carboxylic acids is 3. The predicted molar refractivity (Wildman–Crippen MR) is 96.7 cm³/mol. The van der Waals surface area contributed by atoms with Crippen molar-refractivity contribution in [1.29, 1.82) is 0 Å². The number of carbonyl (C=O) groups excluding carboxylic acids is 1. The Morgan fingerprint density at radius 1 is 0.964 bits per heavy atom. The van der Waals surface area contributed by atoms with Crippen LogP contribution >= 0.6 is 0 Å². The Hall–Kier alpha value is -3.14. The summed E-state index contributed by atoms with van der Waals surface area (Å²) < 4.78 is 4.99. The van der Waals surface area contributed by atoms with Gasteiger partial charge in [-0.25, -0.2) is 9.59 Å². The second kappa shape index (κ2) is 12.3. The standard InChI is InChI=1S/C18H24N2O8/c21-15(22)10-20(11-16(23)24)9-5-4-8-14(17(25)26)19-18(27)28-12-13-6-2-1-3-7-13/h1-3,6-7,14H,4-5,8-12H2,(H,19,27)(H,21,22)(H,23,24)(H,25,26). The van der Waals surface area contributed by atoms with Crippen LogP contribution in [0.1, 0.15) is 24.8 Å². The summed E-state index contributed by atoms with van der Waals surface area (Å²) in [5, 5.41) is 29.0. The number of unbranched alkanes of at least 4 members (excludes halogenated alkanes) is 1. The summed E-state index contributed by atoms with van der Waals surface area (Å²) >= 11 is 0. The summed E-state index contributed by atoms with van der Waals surface area (Å²) in [7, 11) is 0. The lowest BCUT2D eigenvalue weighted by Gasteiger charge is -2.18. The van der Waals surface area contributed by atoms with Crippen LogP contribution in [0.3, 0.4) is 0 Å². The van der Waals surface area contributed by atoms with Crippen molar-refractivity contribution in [1.82, 2.24) is 10.2 Å². The molecule has 1 atom stereocenters. The molecule has 0 aliphatic rings. The lowest BCUT2D eigenvalue weighted by atomic mass is 10.1. The molecule has 0 saturated heterocycles. The Labute approximate surface area is 161 Å². The molecule has 10 heteroatoms. The van der Waals surface area contributed by atoms with Gasteiger partial charge in [0, 0.05) is 0 Å². The molecule has 1 aromatic rings. The normalized spacial score (nSPS) is 11.6. The van der Waals surface area contributed by atoms with E-state index in [4.69, 9.17) is 14.9 Å². The molecule has 1 amide bonds. The van der Waals surface area contributed by atoms with Crippen molar-refractivity contribution in [2.45, 2.75) is 31.9 Å². The minimum Gasteiger partial charge on any atom is -0.480 e. The lowest BCUT2D eigenvalue weighted by Crippen LogP contribution is -2.41. The summed E-state index contributed by atoms with van der Waals surface area (Å²) in [5.41, 5.74) is 0.765. The molecular formula is C18H24N2O8. The van der Waals surface area contributed by atoms with Crippen molar-refractivity contribution in [3.63, 3.8) is 0 Å². The SMILES string of the molecule is O=C(O)CN(CCCCC(NC(=O)OCc1ccccc1)C(=O)O)CC(=O)O. The van der Waals surface area contributed by atoms with Gasteiger partial charge in [-0.05, 0) is 31.4 Å². The summed E-state index contributed by atoms with van der Waals surface area (Å²) in [4.78, 5) is 45.8. The summed E-state index contributed by atoms with van der Waals surface area (Å²) in [6.45, 7) is -0.640. The van der Waals surface area contributed by atoms with Crippen LogP contribution in [0.4, 0.5) is 4.79 Å². The van der Waals surface area contributed by atoms with Crippen molar-refractivity contribution in [2.75, 3.05) is 19.6 Å². The number of alkyl carbamates (subject to hydrolysis) is 1. The van der Waals surface area contributed by atoms with E-state index in [1.54, 1.807) is 24.3 Å². The van der Waals surface area contributed by atoms with E-state index in [1.807, 2.05) is 6.07 Å². The number of amides is 1. The molecule has 10 nitrogen and oxygen atoms in total. The molecule has 4 N–H and O–H groups in total. The van der Waals surface area contributed by atoms with Gasteiger partial charge in [0.25, 0.3) is 0 Å². The maximum Gasteiger partial charge on any atom is 0.408 e. The highest BCUT2D eigenvalue weighted by atomic mass is 16.5. The number of benzene rings is 1. The van der Waals surface area contributed by atoms with Crippen LogP contribution in [0, 0.1) is 0 Å². The monoisotopic (exact) mass is 396 g/mol. The molecule has 0 spiro atoms. The number of nitrogens with one attached hydrogen (secondary N) is 1. The average molecular weight is 396 g/mol. The Kier molecular flexibility index (Phi) is 10.0. The molecule has 154 valence electrons. The molecule has 0 aromatic heterocycles. The van der Waals surface area contributed by atoms with Crippen molar-refractivity contribution in [2.24, 2.45) is 0 Å². The van der Waals surface area contributed by atoms with Crippen molar-refractivity contribution < 1.29 is 39.2 Å². The first-order valence-electron chi connectivity index (χ1n) is 8.64. The molecule has 0 heterocycles. The summed E-state index contributed by atoms with van der Waals surface area (Å²) in [5.74, 6) is -3.51. The quantitative estimate of drug-likeness (QED) is 0.358. The second-order valence-corrected chi connectivity index (χ2v) is 6.09. The van der Waals surface area contributed by atoms with Gasteiger partial charge < -0.3 is 25.4 Å². The van der Waals surface area contributed by atoms with Crippen LogP contribution in [0.2, 0.25) is 0 Å². The number of ether oxygens (including phenoxy) is 1. The molecular weight excluding hydrogens is 372 g/mol. The van der Waals surface area contributed by atoms with Crippen LogP contribution < -0.4 is 5.32 Å². The van der Waals surface area contributed by atoms with Gasteiger partial charge in [0.2, 0.25) is 0 Å². The fraction of sp³-hybridized carbons (Fsp3) is 0.444. The molecule has 0 aliphatic heterocycles. The van der Waals surface area contributed by atoms with Crippen LogP contribution in [0.15, 0.2) is 30.3 Å². The van der Waals surface area contributed by atoms with Gasteiger partial charge in [-0.2, -0.15) is 0 Å². The van der Waals surface area contributed by atoms with E-state index in [9.17, 15) is 24.3 Å². The summed E-state index contributed by atoms with van der Waals surface area (Å²) in [6.07, 6.45) is -0.0184. The predicted octanol–water partition coefficient (Wildman–Crippen LogP) is 1.01. The van der Waals surface area contributed by atoms with E-state index in [-0.39, 0.29) is 19.6 Å². The first-order chi connectivity index (χ1) is 13.3. The van der Waals surface area contributed by atoms with Crippen LogP contribution in [0.5, 0.6) is 0 Å². The Morgan fingerprint density at radius 2 is 1.57 bits per heavy atom.